The molecular formula is C75H143N2O7P. The zero-order valence-electron chi connectivity index (χ0n) is 57.3. The highest BCUT2D eigenvalue weighted by Crippen LogP contribution is 2.38. The maximum atomic E-state index is 13.6. The van der Waals surface area contributed by atoms with Crippen molar-refractivity contribution in [2.45, 2.75) is 380 Å². The molecule has 1 amide bonds. The lowest BCUT2D eigenvalue weighted by Crippen LogP contribution is -2.47. The van der Waals surface area contributed by atoms with E-state index in [0.717, 1.165) is 64.2 Å². The van der Waals surface area contributed by atoms with Gasteiger partial charge in [0, 0.05) is 12.8 Å². The van der Waals surface area contributed by atoms with Crippen LogP contribution in [-0.4, -0.2) is 69.4 Å². The number of amides is 1. The second kappa shape index (κ2) is 64.9. The van der Waals surface area contributed by atoms with Crippen molar-refractivity contribution in [1.82, 2.24) is 5.32 Å². The molecule has 10 heteroatoms. The van der Waals surface area contributed by atoms with Gasteiger partial charge in [0.05, 0.1) is 33.8 Å². The number of carbonyl (C=O) groups excluding carboxylic acids is 2. The molecule has 0 spiro atoms. The predicted octanol–water partition coefficient (Wildman–Crippen LogP) is 22.9. The van der Waals surface area contributed by atoms with E-state index in [0.29, 0.717) is 17.4 Å². The molecule has 0 aromatic rings. The van der Waals surface area contributed by atoms with Gasteiger partial charge in [0.15, 0.2) is 0 Å². The van der Waals surface area contributed by atoms with Crippen LogP contribution >= 0.6 is 7.82 Å². The van der Waals surface area contributed by atoms with Gasteiger partial charge in [-0.3, -0.25) is 14.2 Å². The zero-order valence-corrected chi connectivity index (χ0v) is 58.2. The first kappa shape index (κ1) is 83.0. The molecule has 0 fully saturated rings. The molecule has 0 aliphatic rings. The molecule has 1 N–H and O–H groups in total. The molecule has 9 nitrogen and oxygen atoms in total. The second-order valence-electron chi connectivity index (χ2n) is 26.4. The van der Waals surface area contributed by atoms with Crippen LogP contribution in [0.4, 0.5) is 0 Å². The Balaban J connectivity index is 5.04. The first-order chi connectivity index (χ1) is 41.4. The average molecular weight is 1220 g/mol. The quantitative estimate of drug-likeness (QED) is 0.0212. The van der Waals surface area contributed by atoms with Crippen LogP contribution in [0.3, 0.4) is 0 Å². The van der Waals surface area contributed by atoms with Crippen LogP contribution in [-0.2, 0) is 27.9 Å². The maximum Gasteiger partial charge on any atom is 0.306 e. The van der Waals surface area contributed by atoms with Crippen molar-refractivity contribution in [2.75, 3.05) is 40.9 Å². The smallest absolute Gasteiger partial charge is 0.306 e. The monoisotopic (exact) mass is 1220 g/mol. The summed E-state index contributed by atoms with van der Waals surface area (Å²) in [4.78, 5) is 40.2. The Kier molecular flexibility index (Phi) is 63.4. The van der Waals surface area contributed by atoms with Gasteiger partial charge < -0.3 is 28.5 Å². The van der Waals surface area contributed by atoms with Crippen molar-refractivity contribution in [3.63, 3.8) is 0 Å². The highest BCUT2D eigenvalue weighted by atomic mass is 31.2. The number of unbranched alkanes of at least 4 members (excludes halogenated alkanes) is 46. The molecule has 0 saturated carbocycles. The molecular weight excluding hydrogens is 1070 g/mol. The summed E-state index contributed by atoms with van der Waals surface area (Å²) >= 11 is 0. The van der Waals surface area contributed by atoms with Gasteiger partial charge in [0.1, 0.15) is 19.3 Å². The molecule has 500 valence electrons. The molecule has 0 aliphatic heterocycles. The number of phosphoric ester groups is 1. The third-order valence-electron chi connectivity index (χ3n) is 16.7. The minimum absolute atomic E-state index is 0.0206. The SMILES string of the molecule is CCCCC/C=C\C/C=C\CCCCCCCCCCCCCCCCCC(=O)NC(COP(=O)([O-])OCC[N+](C)(C)C)C(/C=C\CCCCCCCCCCCCC)OC(=O)CCCCCCCCCCCCC/C=C/CCCCCCCC. The molecule has 0 aromatic heterocycles. The molecule has 3 atom stereocenters. The third-order valence-corrected chi connectivity index (χ3v) is 17.7. The number of ether oxygens (including phenoxy) is 1. The topological polar surface area (TPSA) is 114 Å². The average Bonchev–Trinajstić information content (AvgIpc) is 3.64. The van der Waals surface area contributed by atoms with Gasteiger partial charge in [-0.05, 0) is 89.5 Å². The number of allylic oxidation sites excluding steroid dienone is 7. The number of quaternary nitrogens is 1. The van der Waals surface area contributed by atoms with E-state index < -0.39 is 20.0 Å². The Morgan fingerprint density at radius 2 is 0.718 bits per heavy atom. The fourth-order valence-corrected chi connectivity index (χ4v) is 11.7. The number of esters is 1. The fourth-order valence-electron chi connectivity index (χ4n) is 11.0. The molecule has 0 radical (unpaired) electrons. The zero-order chi connectivity index (χ0) is 62.1. The summed E-state index contributed by atoms with van der Waals surface area (Å²) < 4.78 is 30.5. The van der Waals surface area contributed by atoms with E-state index in [1.165, 1.54) is 270 Å². The van der Waals surface area contributed by atoms with Crippen molar-refractivity contribution in [1.29, 1.82) is 0 Å². The highest BCUT2D eigenvalue weighted by Gasteiger charge is 2.27. The number of rotatable bonds is 68. The van der Waals surface area contributed by atoms with Crippen LogP contribution < -0.4 is 10.2 Å². The van der Waals surface area contributed by atoms with Gasteiger partial charge >= 0.3 is 5.97 Å². The van der Waals surface area contributed by atoms with Crippen LogP contribution in [0.2, 0.25) is 0 Å². The molecule has 0 rings (SSSR count). The number of hydrogen-bond acceptors (Lipinski definition) is 7. The Morgan fingerprint density at radius 1 is 0.412 bits per heavy atom. The van der Waals surface area contributed by atoms with Crippen LogP contribution in [0.5, 0.6) is 0 Å². The molecule has 0 saturated heterocycles. The first-order valence-corrected chi connectivity index (χ1v) is 38.4. The third kappa shape index (κ3) is 66.2. The summed E-state index contributed by atoms with van der Waals surface area (Å²) in [7, 11) is 1.20. The first-order valence-electron chi connectivity index (χ1n) is 36.9. The fraction of sp³-hybridized carbons (Fsp3) is 0.867. The number of nitrogens with one attached hydrogen (secondary N) is 1. The van der Waals surface area contributed by atoms with Gasteiger partial charge in [-0.25, -0.2) is 0 Å². The summed E-state index contributed by atoms with van der Waals surface area (Å²) in [6.45, 7) is 6.87. The summed E-state index contributed by atoms with van der Waals surface area (Å²) in [5.41, 5.74) is 0. The molecule has 0 heterocycles. The van der Waals surface area contributed by atoms with Crippen molar-refractivity contribution < 1.29 is 37.3 Å². The number of nitrogens with zero attached hydrogens (tertiary/aromatic N) is 1. The minimum Gasteiger partial charge on any atom is -0.756 e. The van der Waals surface area contributed by atoms with Gasteiger partial charge in [0.25, 0.3) is 7.82 Å². The van der Waals surface area contributed by atoms with Crippen LogP contribution in [0, 0.1) is 0 Å². The van der Waals surface area contributed by atoms with Crippen molar-refractivity contribution in [3.8, 4) is 0 Å². The van der Waals surface area contributed by atoms with E-state index in [9.17, 15) is 19.0 Å². The van der Waals surface area contributed by atoms with E-state index in [4.69, 9.17) is 13.8 Å². The van der Waals surface area contributed by atoms with Gasteiger partial charge in [-0.2, -0.15) is 0 Å². The summed E-state index contributed by atoms with van der Waals surface area (Å²) in [5, 5.41) is 3.05. The van der Waals surface area contributed by atoms with E-state index in [1.54, 1.807) is 0 Å². The molecule has 3 unspecified atom stereocenters. The summed E-state index contributed by atoms with van der Waals surface area (Å²) in [6.07, 6.45) is 82.3. The van der Waals surface area contributed by atoms with Crippen molar-refractivity contribution >= 4 is 19.7 Å². The Hall–Kier alpha value is -2.03. The van der Waals surface area contributed by atoms with E-state index in [-0.39, 0.29) is 31.5 Å². The number of likely N-dealkylation sites (N-methyl/N-ethyl adjacent to an activating group) is 1. The number of carbonyl (C=O) groups is 2. The summed E-state index contributed by atoms with van der Waals surface area (Å²) in [5.74, 6) is -0.524. The molecule has 0 aromatic carbocycles. The van der Waals surface area contributed by atoms with Gasteiger partial charge in [0.2, 0.25) is 5.91 Å². The summed E-state index contributed by atoms with van der Waals surface area (Å²) in [6, 6.07) is -0.888. The second-order valence-corrected chi connectivity index (χ2v) is 27.9. The Labute approximate surface area is 529 Å². The van der Waals surface area contributed by atoms with E-state index in [2.05, 4.69) is 62.5 Å². The largest absolute Gasteiger partial charge is 0.756 e. The maximum absolute atomic E-state index is 13.6. The van der Waals surface area contributed by atoms with Crippen LogP contribution in [0.1, 0.15) is 367 Å². The van der Waals surface area contributed by atoms with Crippen LogP contribution in [0.15, 0.2) is 48.6 Å². The Morgan fingerprint density at radius 3 is 1.09 bits per heavy atom. The lowest BCUT2D eigenvalue weighted by Gasteiger charge is -2.30. The highest BCUT2D eigenvalue weighted by molar-refractivity contribution is 7.45. The minimum atomic E-state index is -4.70. The predicted molar refractivity (Wildman–Crippen MR) is 367 cm³/mol. The normalized spacial score (nSPS) is 13.7. The molecule has 0 bridgehead atoms. The van der Waals surface area contributed by atoms with Crippen molar-refractivity contribution in [3.05, 3.63) is 48.6 Å². The van der Waals surface area contributed by atoms with Crippen LogP contribution in [0.25, 0.3) is 0 Å². The lowest BCUT2D eigenvalue weighted by molar-refractivity contribution is -0.870. The Bertz CT molecular complexity index is 1590. The van der Waals surface area contributed by atoms with Gasteiger partial charge in [-0.1, -0.05) is 314 Å². The number of phosphoric acid groups is 1. The molecule has 85 heavy (non-hydrogen) atoms. The van der Waals surface area contributed by atoms with Gasteiger partial charge in [-0.15, -0.1) is 0 Å². The van der Waals surface area contributed by atoms with E-state index >= 15 is 0 Å². The number of hydrogen-bond donors (Lipinski definition) is 1. The van der Waals surface area contributed by atoms with E-state index in [1.807, 2.05) is 33.3 Å². The standard InChI is InChI=1S/C75H143N2O7P/c1-7-10-13-16-19-22-25-28-30-32-34-36-37-38-39-41-42-44-46-49-52-55-58-61-64-67-74(78)76-72(71-83-85(80,81)82-70-69-77(4,5)6)73(66-63-60-57-54-51-48-27-24-21-18-15-12-9-3)84-75(79)68-65-62-59-56-53-50-47-45-43-40-35-33-31-29-26-23-20-17-14-11-8-2/h19,22,28-31,63,66,72-73H,7-18,20-21,23-27,32-62,64-65,67-71H2,1-6H3,(H-,76,78,80,81)/b22-19-,30-28-,31-29+,66-63-. The lowest BCUT2D eigenvalue weighted by atomic mass is 10.0. The molecule has 0 aliphatic carbocycles. The van der Waals surface area contributed by atoms with Crippen molar-refractivity contribution in [2.24, 2.45) is 0 Å².